The van der Waals surface area contributed by atoms with Crippen molar-refractivity contribution in [1.82, 2.24) is 10.6 Å². The van der Waals surface area contributed by atoms with E-state index in [0.717, 1.165) is 0 Å². The van der Waals surface area contributed by atoms with Crippen molar-refractivity contribution in [1.29, 1.82) is 0 Å². The molecule has 9 nitrogen and oxygen atoms in total. The van der Waals surface area contributed by atoms with E-state index < -0.39 is 34.0 Å². The van der Waals surface area contributed by atoms with Crippen LogP contribution in [0.15, 0.2) is 54.6 Å². The fourth-order valence-electron chi connectivity index (χ4n) is 2.67. The van der Waals surface area contributed by atoms with Gasteiger partial charge in [-0.3, -0.25) is 14.8 Å². The van der Waals surface area contributed by atoms with E-state index in [-0.39, 0.29) is 17.0 Å². The maximum Gasteiger partial charge on any atom is 0.339 e. The topological polar surface area (TPSA) is 131 Å². The van der Waals surface area contributed by atoms with Crippen molar-refractivity contribution >= 4 is 33.6 Å². The van der Waals surface area contributed by atoms with E-state index in [0.29, 0.717) is 18.5 Å². The van der Waals surface area contributed by atoms with Gasteiger partial charge in [0.05, 0.1) is 11.3 Å². The van der Waals surface area contributed by atoms with Crippen molar-refractivity contribution in [2.45, 2.75) is 26.4 Å². The van der Waals surface area contributed by atoms with Crippen molar-refractivity contribution in [3.05, 3.63) is 65.7 Å². The summed E-state index contributed by atoms with van der Waals surface area (Å²) in [7, 11) is -3.54. The van der Waals surface area contributed by atoms with E-state index in [1.807, 2.05) is 0 Å². The first-order chi connectivity index (χ1) is 14.8. The van der Waals surface area contributed by atoms with Crippen LogP contribution in [0.25, 0.3) is 0 Å². The average molecular weight is 448 g/mol. The summed E-state index contributed by atoms with van der Waals surface area (Å²) >= 11 is 0. The molecule has 0 fully saturated rings. The first-order valence-electron chi connectivity index (χ1n) is 9.71. The van der Waals surface area contributed by atoms with Crippen LogP contribution in [0.3, 0.4) is 0 Å². The molecule has 166 valence electrons. The molecular weight excluding hydrogens is 422 g/mol. The highest BCUT2D eigenvalue weighted by Crippen LogP contribution is 2.21. The molecule has 1 atom stereocenters. The molecule has 0 aliphatic rings. The summed E-state index contributed by atoms with van der Waals surface area (Å²) in [5, 5.41) is 4.57. The number of nitrogens with one attached hydrogen (secondary N) is 3. The van der Waals surface area contributed by atoms with Crippen LogP contribution in [0.5, 0.6) is 0 Å². The van der Waals surface area contributed by atoms with Crippen molar-refractivity contribution in [3.8, 4) is 0 Å². The lowest BCUT2D eigenvalue weighted by molar-refractivity contribution is -0.129. The molecule has 2 aromatic carbocycles. The average Bonchev–Trinajstić information content (AvgIpc) is 2.72. The Morgan fingerprint density at radius 1 is 1.00 bits per heavy atom. The molecule has 2 rings (SSSR count). The third-order valence-electron chi connectivity index (χ3n) is 3.98. The number of imide groups is 1. The SMILES string of the molecule is CCCS(=O)(=O)Nc1cccc(C(=O)OC(C(=O)NC(=O)NCC)c2ccccc2)c1. The van der Waals surface area contributed by atoms with Gasteiger partial charge in [0.1, 0.15) is 0 Å². The van der Waals surface area contributed by atoms with E-state index in [4.69, 9.17) is 4.74 Å². The predicted molar refractivity (Wildman–Crippen MR) is 116 cm³/mol. The van der Waals surface area contributed by atoms with Crippen LogP contribution >= 0.6 is 0 Å². The molecule has 2 aromatic rings. The summed E-state index contributed by atoms with van der Waals surface area (Å²) in [5.74, 6) is -1.72. The van der Waals surface area contributed by atoms with Crippen LogP contribution < -0.4 is 15.4 Å². The predicted octanol–water partition coefficient (Wildman–Crippen LogP) is 2.58. The maximum atomic E-state index is 12.7. The Morgan fingerprint density at radius 3 is 2.35 bits per heavy atom. The number of urea groups is 1. The number of hydrogen-bond donors (Lipinski definition) is 3. The second-order valence-electron chi connectivity index (χ2n) is 6.55. The number of sulfonamides is 1. The smallest absolute Gasteiger partial charge is 0.339 e. The van der Waals surface area contributed by atoms with Gasteiger partial charge in [0.25, 0.3) is 5.91 Å². The van der Waals surface area contributed by atoms with Gasteiger partial charge in [-0.15, -0.1) is 0 Å². The molecule has 0 aromatic heterocycles. The molecule has 31 heavy (non-hydrogen) atoms. The first-order valence-corrected chi connectivity index (χ1v) is 11.4. The number of carbonyl (C=O) groups is 3. The minimum atomic E-state index is -3.54. The largest absolute Gasteiger partial charge is 0.444 e. The summed E-state index contributed by atoms with van der Waals surface area (Å²) in [6.45, 7) is 3.75. The number of carbonyl (C=O) groups excluding carboxylic acids is 3. The second-order valence-corrected chi connectivity index (χ2v) is 8.39. The number of hydrogen-bond acceptors (Lipinski definition) is 6. The Morgan fingerprint density at radius 2 is 1.71 bits per heavy atom. The number of rotatable bonds is 9. The molecule has 3 N–H and O–H groups in total. The van der Waals surface area contributed by atoms with Gasteiger partial charge in [-0.25, -0.2) is 18.0 Å². The summed E-state index contributed by atoms with van der Waals surface area (Å²) < 4.78 is 31.7. The Kier molecular flexibility index (Phi) is 8.56. The van der Waals surface area contributed by atoms with Crippen LogP contribution in [0.4, 0.5) is 10.5 Å². The van der Waals surface area contributed by atoms with E-state index in [9.17, 15) is 22.8 Å². The number of amides is 3. The van der Waals surface area contributed by atoms with Crippen LogP contribution in [0.1, 0.15) is 42.3 Å². The monoisotopic (exact) mass is 447 g/mol. The van der Waals surface area contributed by atoms with Gasteiger partial charge >= 0.3 is 12.0 Å². The second kappa shape index (κ2) is 11.1. The standard InChI is InChI=1S/C21H25N3O6S/c1-3-13-31(28,29)24-17-12-8-11-16(14-17)20(26)30-18(15-9-6-5-7-10-15)19(25)23-21(27)22-4-2/h5-12,14,18,24H,3-4,13H2,1-2H3,(H2,22,23,25,27). The van der Waals surface area contributed by atoms with E-state index in [2.05, 4.69) is 15.4 Å². The zero-order valence-corrected chi connectivity index (χ0v) is 18.1. The molecule has 10 heteroatoms. The Hall–Kier alpha value is -3.40. The third-order valence-corrected chi connectivity index (χ3v) is 5.48. The van der Waals surface area contributed by atoms with Gasteiger partial charge in [-0.1, -0.05) is 43.3 Å². The zero-order chi connectivity index (χ0) is 22.9. The normalized spacial score (nSPS) is 11.8. The molecule has 0 spiro atoms. The molecule has 0 aliphatic carbocycles. The van der Waals surface area contributed by atoms with Gasteiger partial charge < -0.3 is 10.1 Å². The fraction of sp³-hybridized carbons (Fsp3) is 0.286. The Labute approximate surface area is 181 Å². The van der Waals surface area contributed by atoms with Crippen LogP contribution in [-0.4, -0.2) is 38.6 Å². The Balaban J connectivity index is 2.23. The van der Waals surface area contributed by atoms with Crippen molar-refractivity contribution in [2.24, 2.45) is 0 Å². The molecule has 0 saturated heterocycles. The van der Waals surface area contributed by atoms with Crippen LogP contribution in [0, 0.1) is 0 Å². The maximum absolute atomic E-state index is 12.7. The van der Waals surface area contributed by atoms with Gasteiger partial charge in [0.15, 0.2) is 0 Å². The molecule has 0 radical (unpaired) electrons. The highest BCUT2D eigenvalue weighted by molar-refractivity contribution is 7.92. The lowest BCUT2D eigenvalue weighted by atomic mass is 10.1. The molecule has 0 aliphatic heterocycles. The molecular formula is C21H25N3O6S. The molecule has 1 unspecified atom stereocenters. The van der Waals surface area contributed by atoms with Crippen molar-refractivity contribution in [2.75, 3.05) is 17.0 Å². The quantitative estimate of drug-likeness (QED) is 0.507. The third kappa shape index (κ3) is 7.41. The lowest BCUT2D eigenvalue weighted by Crippen LogP contribution is -2.42. The van der Waals surface area contributed by atoms with E-state index >= 15 is 0 Å². The number of benzene rings is 2. The Bertz CT molecular complexity index is 1020. The van der Waals surface area contributed by atoms with Gasteiger partial charge in [0.2, 0.25) is 16.1 Å². The minimum absolute atomic E-state index is 0.0449. The summed E-state index contributed by atoms with van der Waals surface area (Å²) in [5.41, 5.74) is 0.617. The minimum Gasteiger partial charge on any atom is -0.444 e. The van der Waals surface area contributed by atoms with Crippen LogP contribution in [-0.2, 0) is 19.6 Å². The van der Waals surface area contributed by atoms with Crippen LogP contribution in [0.2, 0.25) is 0 Å². The highest BCUT2D eigenvalue weighted by Gasteiger charge is 2.27. The van der Waals surface area contributed by atoms with Gasteiger partial charge in [-0.05, 0) is 31.5 Å². The van der Waals surface area contributed by atoms with Gasteiger partial charge in [-0.2, -0.15) is 0 Å². The number of anilines is 1. The summed E-state index contributed by atoms with van der Waals surface area (Å²) in [6, 6.07) is 13.3. The summed E-state index contributed by atoms with van der Waals surface area (Å²) in [4.78, 5) is 37.0. The van der Waals surface area contributed by atoms with Gasteiger partial charge in [0, 0.05) is 17.8 Å². The number of ether oxygens (including phenoxy) is 1. The molecule has 3 amide bonds. The number of esters is 1. The molecule has 0 heterocycles. The molecule has 0 bridgehead atoms. The van der Waals surface area contributed by atoms with Crippen molar-refractivity contribution in [3.63, 3.8) is 0 Å². The first kappa shape index (κ1) is 23.9. The summed E-state index contributed by atoms with van der Waals surface area (Å²) in [6.07, 6.45) is -0.937. The van der Waals surface area contributed by atoms with E-state index in [1.165, 1.54) is 24.3 Å². The zero-order valence-electron chi connectivity index (χ0n) is 17.3. The van der Waals surface area contributed by atoms with E-state index in [1.54, 1.807) is 44.2 Å². The highest BCUT2D eigenvalue weighted by atomic mass is 32.2. The molecule has 0 saturated carbocycles. The van der Waals surface area contributed by atoms with Crippen molar-refractivity contribution < 1.29 is 27.5 Å². The lowest BCUT2D eigenvalue weighted by Gasteiger charge is -2.18. The fourth-order valence-corrected chi connectivity index (χ4v) is 3.79.